The van der Waals surface area contributed by atoms with Crippen LogP contribution in [0.2, 0.25) is 10.0 Å². The van der Waals surface area contributed by atoms with Crippen LogP contribution in [0.1, 0.15) is 5.69 Å². The Balaban J connectivity index is 1.91. The van der Waals surface area contributed by atoms with Gasteiger partial charge in [0.2, 0.25) is 0 Å². The van der Waals surface area contributed by atoms with Crippen LogP contribution in [0.3, 0.4) is 0 Å². The van der Waals surface area contributed by atoms with Crippen molar-refractivity contribution in [3.8, 4) is 22.5 Å². The van der Waals surface area contributed by atoms with Gasteiger partial charge in [-0.05, 0) is 71.6 Å². The molecule has 159 valence electrons. The highest BCUT2D eigenvalue weighted by Crippen LogP contribution is 2.39. The standard InChI is InChI=1S/C19H7Br3Cl2F3N4/c20-10-8-30(29-18(10)22)14-6-9(4-5-11(14)23)17-12(24)2-1-3-13(17)31-16(21)7-15(28-31)19(25,26)27/h1-2,4-8H. The predicted molar refractivity (Wildman–Crippen MR) is 123 cm³/mol. The molecule has 0 N–H and O–H groups in total. The highest BCUT2D eigenvalue weighted by molar-refractivity contribution is 9.13. The first-order valence-electron chi connectivity index (χ1n) is 8.30. The lowest BCUT2D eigenvalue weighted by Crippen LogP contribution is -2.08. The molecule has 0 fully saturated rings. The van der Waals surface area contributed by atoms with E-state index in [1.165, 1.54) is 6.07 Å². The van der Waals surface area contributed by atoms with Crippen molar-refractivity contribution in [2.75, 3.05) is 0 Å². The minimum absolute atomic E-state index is 0.105. The molecule has 31 heavy (non-hydrogen) atoms. The van der Waals surface area contributed by atoms with Crippen molar-refractivity contribution in [1.82, 2.24) is 19.6 Å². The Hall–Kier alpha value is -1.33. The lowest BCUT2D eigenvalue weighted by Gasteiger charge is -2.14. The van der Waals surface area contributed by atoms with Crippen LogP contribution in [0.5, 0.6) is 0 Å². The van der Waals surface area contributed by atoms with E-state index in [1.807, 2.05) is 0 Å². The molecule has 0 unspecified atom stereocenters. The molecule has 2 heterocycles. The van der Waals surface area contributed by atoms with Gasteiger partial charge in [-0.15, -0.1) is 0 Å². The molecule has 0 aliphatic rings. The lowest BCUT2D eigenvalue weighted by atomic mass is 10.0. The van der Waals surface area contributed by atoms with E-state index in [2.05, 4.69) is 64.1 Å². The molecular weight excluding hydrogens is 652 g/mol. The molecule has 1 radical (unpaired) electrons. The number of alkyl halides is 3. The first-order valence-corrected chi connectivity index (χ1v) is 11.4. The van der Waals surface area contributed by atoms with Crippen molar-refractivity contribution in [2.24, 2.45) is 0 Å². The summed E-state index contributed by atoms with van der Waals surface area (Å²) >= 11 is 22.7. The molecule has 2 aromatic carbocycles. The van der Waals surface area contributed by atoms with Crippen LogP contribution in [-0.4, -0.2) is 19.6 Å². The number of halogens is 8. The Morgan fingerprint density at radius 2 is 1.71 bits per heavy atom. The molecule has 0 aliphatic carbocycles. The summed E-state index contributed by atoms with van der Waals surface area (Å²) in [7, 11) is 0. The third-order valence-corrected chi connectivity index (χ3v) is 7.10. The Morgan fingerprint density at radius 3 is 2.32 bits per heavy atom. The Labute approximate surface area is 209 Å². The van der Waals surface area contributed by atoms with E-state index in [-0.39, 0.29) is 10.3 Å². The van der Waals surface area contributed by atoms with E-state index in [9.17, 15) is 13.2 Å². The molecule has 12 heteroatoms. The van der Waals surface area contributed by atoms with Crippen LogP contribution >= 0.6 is 71.0 Å². The lowest BCUT2D eigenvalue weighted by molar-refractivity contribution is -0.141. The number of nitrogens with zero attached hydrogens (tertiary/aromatic N) is 4. The van der Waals surface area contributed by atoms with Crippen molar-refractivity contribution in [2.45, 2.75) is 6.18 Å². The fourth-order valence-corrected chi connectivity index (χ4v) is 4.34. The SMILES string of the molecule is FC(F)(F)c1cc(Br)n(-c2[c]ccc(Cl)c2-c2ccc(Cl)c(-n3cc(Br)c(Br)n3)c2)n1. The first-order chi connectivity index (χ1) is 14.6. The molecule has 0 saturated heterocycles. The highest BCUT2D eigenvalue weighted by atomic mass is 79.9. The summed E-state index contributed by atoms with van der Waals surface area (Å²) < 4.78 is 43.5. The summed E-state index contributed by atoms with van der Waals surface area (Å²) in [5.41, 5.74) is 0.777. The van der Waals surface area contributed by atoms with Gasteiger partial charge in [0, 0.05) is 23.9 Å². The quantitative estimate of drug-likeness (QED) is 0.223. The fraction of sp³-hybridized carbons (Fsp3) is 0.0526. The van der Waals surface area contributed by atoms with Gasteiger partial charge < -0.3 is 0 Å². The molecule has 0 spiro atoms. The van der Waals surface area contributed by atoms with Gasteiger partial charge in [-0.1, -0.05) is 35.3 Å². The second-order valence-corrected chi connectivity index (χ2v) is 9.42. The molecule has 0 bridgehead atoms. The third-order valence-electron chi connectivity index (χ3n) is 4.20. The summed E-state index contributed by atoms with van der Waals surface area (Å²) in [5.74, 6) is 0. The summed E-state index contributed by atoms with van der Waals surface area (Å²) in [5, 5.41) is 8.75. The van der Waals surface area contributed by atoms with Gasteiger partial charge >= 0.3 is 6.18 Å². The smallest absolute Gasteiger partial charge is 0.237 e. The van der Waals surface area contributed by atoms with Crippen molar-refractivity contribution >= 4 is 71.0 Å². The number of benzene rings is 2. The number of hydrogen-bond donors (Lipinski definition) is 0. The molecule has 0 atom stereocenters. The van der Waals surface area contributed by atoms with Gasteiger partial charge in [-0.2, -0.15) is 23.4 Å². The zero-order valence-corrected chi connectivity index (χ0v) is 21.1. The minimum atomic E-state index is -4.60. The second kappa shape index (κ2) is 8.55. The Morgan fingerprint density at radius 1 is 0.968 bits per heavy atom. The fourth-order valence-electron chi connectivity index (χ4n) is 2.86. The van der Waals surface area contributed by atoms with Gasteiger partial charge in [-0.3, -0.25) is 0 Å². The largest absolute Gasteiger partial charge is 0.435 e. The summed E-state index contributed by atoms with van der Waals surface area (Å²) in [6, 6.07) is 12.0. The Kier molecular flexibility index (Phi) is 6.30. The maximum atomic E-state index is 13.2. The van der Waals surface area contributed by atoms with Crippen LogP contribution in [0.4, 0.5) is 13.2 Å². The van der Waals surface area contributed by atoms with E-state index in [0.29, 0.717) is 31.5 Å². The average molecular weight is 659 g/mol. The van der Waals surface area contributed by atoms with Gasteiger partial charge in [0.25, 0.3) is 0 Å². The van der Waals surface area contributed by atoms with E-state index >= 15 is 0 Å². The van der Waals surface area contributed by atoms with Gasteiger partial charge in [0.05, 0.1) is 25.9 Å². The molecule has 0 aliphatic heterocycles. The molecule has 4 aromatic rings. The zero-order valence-electron chi connectivity index (χ0n) is 14.9. The monoisotopic (exact) mass is 655 g/mol. The molecule has 0 saturated carbocycles. The van der Waals surface area contributed by atoms with Crippen LogP contribution in [0.15, 0.2) is 56.3 Å². The maximum Gasteiger partial charge on any atom is 0.435 e. The van der Waals surface area contributed by atoms with Crippen LogP contribution in [0.25, 0.3) is 22.5 Å². The topological polar surface area (TPSA) is 35.6 Å². The van der Waals surface area contributed by atoms with Gasteiger partial charge in [0.15, 0.2) is 5.69 Å². The summed E-state index contributed by atoms with van der Waals surface area (Å²) in [6.07, 6.45) is -2.88. The average Bonchev–Trinajstić information content (AvgIpc) is 3.24. The highest BCUT2D eigenvalue weighted by Gasteiger charge is 2.35. The van der Waals surface area contributed by atoms with E-state index < -0.39 is 11.9 Å². The maximum absolute atomic E-state index is 13.2. The van der Waals surface area contributed by atoms with Crippen molar-refractivity contribution in [3.63, 3.8) is 0 Å². The molecule has 4 rings (SSSR count). The molecule has 4 nitrogen and oxygen atoms in total. The van der Waals surface area contributed by atoms with E-state index in [0.717, 1.165) is 15.2 Å². The van der Waals surface area contributed by atoms with Crippen molar-refractivity contribution < 1.29 is 13.2 Å². The van der Waals surface area contributed by atoms with Crippen LogP contribution in [0, 0.1) is 6.07 Å². The van der Waals surface area contributed by atoms with E-state index in [1.54, 1.807) is 35.1 Å². The van der Waals surface area contributed by atoms with Crippen molar-refractivity contribution in [1.29, 1.82) is 0 Å². The normalized spacial score (nSPS) is 11.9. The number of aromatic nitrogens is 4. The molecule has 2 aromatic heterocycles. The minimum Gasteiger partial charge on any atom is -0.237 e. The Bertz CT molecular complexity index is 1280. The number of hydrogen-bond acceptors (Lipinski definition) is 2. The van der Waals surface area contributed by atoms with Crippen LogP contribution < -0.4 is 0 Å². The van der Waals surface area contributed by atoms with Crippen LogP contribution in [-0.2, 0) is 6.18 Å². The summed E-state index contributed by atoms with van der Waals surface area (Å²) in [6.45, 7) is 0. The van der Waals surface area contributed by atoms with Gasteiger partial charge in [-0.25, -0.2) is 9.36 Å². The van der Waals surface area contributed by atoms with Gasteiger partial charge in [0.1, 0.15) is 9.21 Å². The summed E-state index contributed by atoms with van der Waals surface area (Å²) in [4.78, 5) is 0. The second-order valence-electron chi connectivity index (χ2n) is 6.19. The molecular formula is C19H7Br3Cl2F3N4. The van der Waals surface area contributed by atoms with E-state index in [4.69, 9.17) is 23.2 Å². The first kappa shape index (κ1) is 22.8. The number of rotatable bonds is 3. The third kappa shape index (κ3) is 4.45. The van der Waals surface area contributed by atoms with Crippen molar-refractivity contribution in [3.05, 3.63) is 78.1 Å². The predicted octanol–water partition coefficient (Wildman–Crippen LogP) is 8.14. The zero-order chi connectivity index (χ0) is 22.5. The molecule has 0 amide bonds.